The summed E-state index contributed by atoms with van der Waals surface area (Å²) in [5.41, 5.74) is 1.36. The van der Waals surface area contributed by atoms with Crippen LogP contribution in [0.1, 0.15) is 46.1 Å². The van der Waals surface area contributed by atoms with Gasteiger partial charge in [0.25, 0.3) is 0 Å². The molecule has 0 aromatic heterocycles. The van der Waals surface area contributed by atoms with Crippen molar-refractivity contribution < 1.29 is 9.18 Å². The predicted molar refractivity (Wildman–Crippen MR) is 77.8 cm³/mol. The average molecular weight is 265 g/mol. The van der Waals surface area contributed by atoms with Crippen LogP contribution in [-0.2, 0) is 4.79 Å². The highest BCUT2D eigenvalue weighted by Crippen LogP contribution is 2.24. The number of carbonyl (C=O) groups excluding carboxylic acids is 1. The van der Waals surface area contributed by atoms with Crippen LogP contribution in [0.3, 0.4) is 0 Å². The molecule has 1 rings (SSSR count). The van der Waals surface area contributed by atoms with Crippen LogP contribution in [0, 0.1) is 18.7 Å². The van der Waals surface area contributed by atoms with Crippen LogP contribution >= 0.6 is 0 Å². The molecule has 0 heterocycles. The van der Waals surface area contributed by atoms with Crippen LogP contribution in [0.25, 0.3) is 0 Å². The number of rotatable bonds is 5. The Morgan fingerprint density at radius 2 is 1.89 bits per heavy atom. The van der Waals surface area contributed by atoms with Crippen LogP contribution in [0.2, 0.25) is 0 Å². The van der Waals surface area contributed by atoms with E-state index in [1.165, 1.54) is 6.07 Å². The Balaban J connectivity index is 3.16. The molecule has 0 bridgehead atoms. The van der Waals surface area contributed by atoms with Gasteiger partial charge in [-0.1, -0.05) is 20.8 Å². The fraction of sp³-hybridized carbons (Fsp3) is 0.562. The van der Waals surface area contributed by atoms with E-state index in [-0.39, 0.29) is 23.7 Å². The molecule has 19 heavy (non-hydrogen) atoms. The van der Waals surface area contributed by atoms with Crippen molar-refractivity contribution in [3.8, 4) is 0 Å². The van der Waals surface area contributed by atoms with Gasteiger partial charge >= 0.3 is 0 Å². The van der Waals surface area contributed by atoms with Gasteiger partial charge in [0, 0.05) is 17.6 Å². The minimum atomic E-state index is -0.233. The van der Waals surface area contributed by atoms with Crippen molar-refractivity contribution in [1.82, 2.24) is 0 Å². The highest BCUT2D eigenvalue weighted by atomic mass is 19.1. The number of nitrogens with zero attached hydrogens (tertiary/aromatic N) is 1. The summed E-state index contributed by atoms with van der Waals surface area (Å²) in [6.45, 7) is 9.75. The second-order valence-electron chi connectivity index (χ2n) is 5.21. The van der Waals surface area contributed by atoms with Crippen molar-refractivity contribution in [1.29, 1.82) is 0 Å². The fourth-order valence-electron chi connectivity index (χ4n) is 1.97. The zero-order valence-corrected chi connectivity index (χ0v) is 12.5. The largest absolute Gasteiger partial charge is 0.309 e. The number of aryl methyl sites for hydroxylation is 1. The molecular formula is C16H24FNO. The standard InChI is InChI=1S/C16H24FNO/c1-6-11(3)16(19)18(13(5)7-2)14-8-9-15(17)12(4)10-14/h8-11,13H,6-7H2,1-5H3. The second kappa shape index (κ2) is 6.69. The van der Waals surface area contributed by atoms with Gasteiger partial charge in [-0.15, -0.1) is 0 Å². The Morgan fingerprint density at radius 1 is 1.26 bits per heavy atom. The molecule has 0 saturated carbocycles. The summed E-state index contributed by atoms with van der Waals surface area (Å²) in [4.78, 5) is 14.3. The third-order valence-corrected chi connectivity index (χ3v) is 3.72. The average Bonchev–Trinajstić information content (AvgIpc) is 2.41. The number of hydrogen-bond donors (Lipinski definition) is 0. The summed E-state index contributed by atoms with van der Waals surface area (Å²) >= 11 is 0. The number of carbonyl (C=O) groups is 1. The molecule has 0 N–H and O–H groups in total. The second-order valence-corrected chi connectivity index (χ2v) is 5.21. The van der Waals surface area contributed by atoms with E-state index in [1.54, 1.807) is 24.0 Å². The molecule has 2 nitrogen and oxygen atoms in total. The lowest BCUT2D eigenvalue weighted by atomic mass is 10.0. The van der Waals surface area contributed by atoms with Gasteiger partial charge in [-0.2, -0.15) is 0 Å². The van der Waals surface area contributed by atoms with Crippen LogP contribution < -0.4 is 4.90 Å². The van der Waals surface area contributed by atoms with E-state index >= 15 is 0 Å². The van der Waals surface area contributed by atoms with Crippen molar-refractivity contribution in [3.63, 3.8) is 0 Å². The maximum atomic E-state index is 13.4. The molecule has 1 aromatic rings. The van der Waals surface area contributed by atoms with E-state index in [0.717, 1.165) is 18.5 Å². The Kier molecular flexibility index (Phi) is 5.52. The molecule has 2 atom stereocenters. The number of hydrogen-bond acceptors (Lipinski definition) is 1. The van der Waals surface area contributed by atoms with Gasteiger partial charge in [0.2, 0.25) is 5.91 Å². The summed E-state index contributed by atoms with van der Waals surface area (Å²) < 4.78 is 13.4. The minimum Gasteiger partial charge on any atom is -0.309 e. The quantitative estimate of drug-likeness (QED) is 0.776. The molecule has 0 saturated heterocycles. The zero-order valence-electron chi connectivity index (χ0n) is 12.5. The lowest BCUT2D eigenvalue weighted by molar-refractivity contribution is -0.122. The zero-order chi connectivity index (χ0) is 14.6. The van der Waals surface area contributed by atoms with Gasteiger partial charge < -0.3 is 4.90 Å². The lowest BCUT2D eigenvalue weighted by Crippen LogP contribution is -2.41. The lowest BCUT2D eigenvalue weighted by Gasteiger charge is -2.31. The Bertz CT molecular complexity index is 444. The maximum absolute atomic E-state index is 13.4. The topological polar surface area (TPSA) is 20.3 Å². The van der Waals surface area contributed by atoms with E-state index in [9.17, 15) is 9.18 Å². The van der Waals surface area contributed by atoms with E-state index in [4.69, 9.17) is 0 Å². The Morgan fingerprint density at radius 3 is 2.37 bits per heavy atom. The van der Waals surface area contributed by atoms with Crippen LogP contribution in [0.15, 0.2) is 18.2 Å². The van der Waals surface area contributed by atoms with Gasteiger partial charge in [0.15, 0.2) is 0 Å². The first-order valence-corrected chi connectivity index (χ1v) is 7.01. The monoisotopic (exact) mass is 265 g/mol. The molecule has 0 aliphatic heterocycles. The van der Waals surface area contributed by atoms with Gasteiger partial charge in [-0.05, 0) is 50.5 Å². The number of amides is 1. The smallest absolute Gasteiger partial charge is 0.230 e. The first-order valence-electron chi connectivity index (χ1n) is 7.01. The summed E-state index contributed by atoms with van der Waals surface area (Å²) in [5, 5.41) is 0. The normalized spacial score (nSPS) is 14.0. The van der Waals surface area contributed by atoms with Crippen molar-refractivity contribution in [2.45, 2.75) is 53.5 Å². The molecule has 0 spiro atoms. The third kappa shape index (κ3) is 3.55. The third-order valence-electron chi connectivity index (χ3n) is 3.72. The number of halogens is 1. The van der Waals surface area contributed by atoms with E-state index in [2.05, 4.69) is 6.92 Å². The highest BCUT2D eigenvalue weighted by molar-refractivity contribution is 5.95. The van der Waals surface area contributed by atoms with Crippen molar-refractivity contribution in [2.24, 2.45) is 5.92 Å². The van der Waals surface area contributed by atoms with Crippen molar-refractivity contribution in [2.75, 3.05) is 4.90 Å². The van der Waals surface area contributed by atoms with Crippen LogP contribution in [0.5, 0.6) is 0 Å². The summed E-state index contributed by atoms with van der Waals surface area (Å²) in [6, 6.07) is 4.99. The number of benzene rings is 1. The minimum absolute atomic E-state index is 0.0145. The fourth-order valence-corrected chi connectivity index (χ4v) is 1.97. The number of anilines is 1. The molecule has 106 valence electrons. The highest BCUT2D eigenvalue weighted by Gasteiger charge is 2.24. The van der Waals surface area contributed by atoms with E-state index in [1.807, 2.05) is 20.8 Å². The maximum Gasteiger partial charge on any atom is 0.230 e. The Hall–Kier alpha value is -1.38. The molecule has 3 heteroatoms. The first kappa shape index (κ1) is 15.7. The Labute approximate surface area is 115 Å². The molecular weight excluding hydrogens is 241 g/mol. The SMILES string of the molecule is CCC(C)C(=O)N(c1ccc(F)c(C)c1)C(C)CC. The molecule has 0 radical (unpaired) electrons. The van der Waals surface area contributed by atoms with Gasteiger partial charge in [0.1, 0.15) is 5.82 Å². The molecule has 1 amide bonds. The van der Waals surface area contributed by atoms with Crippen molar-refractivity contribution >= 4 is 11.6 Å². The summed E-state index contributed by atoms with van der Waals surface area (Å²) in [5.74, 6) is -0.133. The van der Waals surface area contributed by atoms with Gasteiger partial charge in [-0.25, -0.2) is 4.39 Å². The van der Waals surface area contributed by atoms with E-state index in [0.29, 0.717) is 5.56 Å². The first-order chi connectivity index (χ1) is 8.92. The molecule has 0 aliphatic carbocycles. The van der Waals surface area contributed by atoms with Gasteiger partial charge in [0.05, 0.1) is 0 Å². The summed E-state index contributed by atoms with van der Waals surface area (Å²) in [7, 11) is 0. The molecule has 0 fully saturated rings. The predicted octanol–water partition coefficient (Wildman–Crippen LogP) is 4.31. The molecule has 1 aromatic carbocycles. The van der Waals surface area contributed by atoms with Crippen LogP contribution in [0.4, 0.5) is 10.1 Å². The van der Waals surface area contributed by atoms with Gasteiger partial charge in [-0.3, -0.25) is 4.79 Å². The molecule has 2 unspecified atom stereocenters. The van der Waals surface area contributed by atoms with Crippen molar-refractivity contribution in [3.05, 3.63) is 29.6 Å². The molecule has 0 aliphatic rings. The summed E-state index contributed by atoms with van der Waals surface area (Å²) in [6.07, 6.45) is 1.69. The van der Waals surface area contributed by atoms with Crippen LogP contribution in [-0.4, -0.2) is 11.9 Å². The van der Waals surface area contributed by atoms with E-state index < -0.39 is 0 Å².